The lowest BCUT2D eigenvalue weighted by atomic mass is 10.00. The third kappa shape index (κ3) is 4.54. The number of nitrogens with one attached hydrogen (secondary N) is 1. The lowest BCUT2D eigenvalue weighted by molar-refractivity contribution is 0.0937. The number of imidazole rings is 1. The van der Waals surface area contributed by atoms with Crippen molar-refractivity contribution in [2.24, 2.45) is 7.05 Å². The van der Waals surface area contributed by atoms with Crippen LogP contribution in [0, 0.1) is 6.92 Å². The molecule has 0 radical (unpaired) electrons. The first-order valence-corrected chi connectivity index (χ1v) is 11.4. The maximum absolute atomic E-state index is 13.7. The van der Waals surface area contributed by atoms with Crippen molar-refractivity contribution in [3.05, 3.63) is 114 Å². The van der Waals surface area contributed by atoms with Crippen LogP contribution in [0.2, 0.25) is 0 Å². The quantitative estimate of drug-likeness (QED) is 0.346. The molecule has 0 aliphatic rings. The predicted molar refractivity (Wildman–Crippen MR) is 134 cm³/mol. The number of hydrogen-bond donors (Lipinski definition) is 1. The molecule has 0 aliphatic carbocycles. The topological polar surface area (TPSA) is 64.2 Å². The van der Waals surface area contributed by atoms with Crippen molar-refractivity contribution in [3.63, 3.8) is 0 Å². The highest BCUT2D eigenvalue weighted by Gasteiger charge is 2.24. The van der Waals surface area contributed by atoms with Gasteiger partial charge in [0.1, 0.15) is 11.3 Å². The van der Waals surface area contributed by atoms with Gasteiger partial charge in [0.15, 0.2) is 0 Å². The zero-order valence-corrected chi connectivity index (χ0v) is 19.3. The Morgan fingerprint density at radius 1 is 1.00 bits per heavy atom. The summed E-state index contributed by atoms with van der Waals surface area (Å²) in [7, 11) is 1.89. The molecule has 1 N–H and O–H groups in total. The van der Waals surface area contributed by atoms with Crippen molar-refractivity contribution < 1.29 is 4.79 Å². The van der Waals surface area contributed by atoms with Crippen molar-refractivity contribution in [1.82, 2.24) is 24.5 Å². The van der Waals surface area contributed by atoms with Gasteiger partial charge in [0.05, 0.1) is 18.4 Å². The highest BCUT2D eigenvalue weighted by Crippen LogP contribution is 2.23. The van der Waals surface area contributed by atoms with Crippen molar-refractivity contribution >= 4 is 11.4 Å². The number of pyridine rings is 1. The van der Waals surface area contributed by atoms with Crippen molar-refractivity contribution in [2.75, 3.05) is 6.54 Å². The maximum atomic E-state index is 13.7. The second-order valence-electron chi connectivity index (χ2n) is 8.59. The van der Waals surface area contributed by atoms with E-state index in [0.29, 0.717) is 12.2 Å². The summed E-state index contributed by atoms with van der Waals surface area (Å²) >= 11 is 0. The van der Waals surface area contributed by atoms with E-state index in [9.17, 15) is 4.79 Å². The van der Waals surface area contributed by atoms with Gasteiger partial charge in [-0.1, -0.05) is 60.2 Å². The largest absolute Gasteiger partial charge is 0.303 e. The summed E-state index contributed by atoms with van der Waals surface area (Å²) in [6, 6.07) is 21.9. The average Bonchev–Trinajstić information content (AvgIpc) is 3.49. The van der Waals surface area contributed by atoms with E-state index in [0.717, 1.165) is 28.8 Å². The Bertz CT molecular complexity index is 1420. The lowest BCUT2D eigenvalue weighted by Gasteiger charge is -2.18. The van der Waals surface area contributed by atoms with Gasteiger partial charge in [-0.25, -0.2) is 4.98 Å². The molecule has 0 aliphatic heterocycles. The second kappa shape index (κ2) is 9.45. The van der Waals surface area contributed by atoms with Crippen LogP contribution in [-0.2, 0) is 13.5 Å². The predicted octanol–water partition coefficient (Wildman–Crippen LogP) is 4.80. The molecule has 0 saturated heterocycles. The molecule has 6 heteroatoms. The molecule has 170 valence electrons. The Hall–Kier alpha value is -4.03. The SMILES string of the molecule is Cc1ccc(CCN[C@@H](C(=O)c2cnc3cc(-c4cnn(C)c4)ccn23)c2ccccc2)cc1. The molecule has 1 atom stereocenters. The number of nitrogens with zero attached hydrogens (tertiary/aromatic N) is 4. The molecule has 0 spiro atoms. The fraction of sp³-hybridized carbons (Fsp3) is 0.179. The van der Waals surface area contributed by atoms with Gasteiger partial charge >= 0.3 is 0 Å². The van der Waals surface area contributed by atoms with Gasteiger partial charge in [-0.2, -0.15) is 5.10 Å². The fourth-order valence-electron chi connectivity index (χ4n) is 4.18. The minimum Gasteiger partial charge on any atom is -0.303 e. The van der Waals surface area contributed by atoms with Crippen LogP contribution in [0.4, 0.5) is 0 Å². The van der Waals surface area contributed by atoms with Gasteiger partial charge in [-0.3, -0.25) is 13.9 Å². The molecule has 0 fully saturated rings. The summed E-state index contributed by atoms with van der Waals surface area (Å²) in [6.45, 7) is 2.78. The van der Waals surface area contributed by atoms with E-state index in [4.69, 9.17) is 0 Å². The van der Waals surface area contributed by atoms with Crippen LogP contribution in [0.1, 0.15) is 33.2 Å². The first-order valence-electron chi connectivity index (χ1n) is 11.4. The van der Waals surface area contributed by atoms with E-state index in [-0.39, 0.29) is 5.78 Å². The van der Waals surface area contributed by atoms with Gasteiger partial charge in [0.2, 0.25) is 5.78 Å². The van der Waals surface area contributed by atoms with Crippen molar-refractivity contribution in [2.45, 2.75) is 19.4 Å². The zero-order valence-electron chi connectivity index (χ0n) is 19.3. The van der Waals surface area contributed by atoms with E-state index in [1.165, 1.54) is 11.1 Å². The highest BCUT2D eigenvalue weighted by molar-refractivity contribution is 6.00. The number of ketones is 1. The number of carbonyl (C=O) groups is 1. The normalized spacial score (nSPS) is 12.2. The third-order valence-electron chi connectivity index (χ3n) is 6.08. The third-order valence-corrected chi connectivity index (χ3v) is 6.08. The Labute approximate surface area is 198 Å². The Morgan fingerprint density at radius 3 is 2.53 bits per heavy atom. The van der Waals surface area contributed by atoms with Crippen molar-refractivity contribution in [3.8, 4) is 11.1 Å². The van der Waals surface area contributed by atoms with E-state index >= 15 is 0 Å². The molecular formula is C28H27N5O. The molecule has 0 saturated carbocycles. The number of Topliss-reactive ketones (excluding diaryl/α,β-unsaturated/α-hetero) is 1. The van der Waals surface area contributed by atoms with Crippen LogP contribution in [0.25, 0.3) is 16.8 Å². The van der Waals surface area contributed by atoms with Crippen LogP contribution in [0.5, 0.6) is 0 Å². The summed E-state index contributed by atoms with van der Waals surface area (Å²) < 4.78 is 3.63. The van der Waals surface area contributed by atoms with Crippen LogP contribution >= 0.6 is 0 Å². The number of fused-ring (bicyclic) bond motifs is 1. The Balaban J connectivity index is 1.40. The first-order chi connectivity index (χ1) is 16.6. The molecule has 5 rings (SSSR count). The van der Waals surface area contributed by atoms with Crippen LogP contribution < -0.4 is 5.32 Å². The lowest BCUT2D eigenvalue weighted by Crippen LogP contribution is -2.31. The van der Waals surface area contributed by atoms with Crippen LogP contribution in [-0.4, -0.2) is 31.5 Å². The number of aryl methyl sites for hydroxylation is 2. The molecule has 3 heterocycles. The summed E-state index contributed by atoms with van der Waals surface area (Å²) in [5.74, 6) is -0.00302. The summed E-state index contributed by atoms with van der Waals surface area (Å²) in [4.78, 5) is 18.3. The van der Waals surface area contributed by atoms with E-state index in [2.05, 4.69) is 46.6 Å². The van der Waals surface area contributed by atoms with E-state index < -0.39 is 6.04 Å². The Morgan fingerprint density at radius 2 is 1.79 bits per heavy atom. The average molecular weight is 450 g/mol. The molecule has 0 unspecified atom stereocenters. The summed E-state index contributed by atoms with van der Waals surface area (Å²) in [5, 5.41) is 7.74. The van der Waals surface area contributed by atoms with Gasteiger partial charge in [-0.05, 0) is 42.2 Å². The molecule has 6 nitrogen and oxygen atoms in total. The number of benzene rings is 2. The number of hydrogen-bond acceptors (Lipinski definition) is 4. The number of aromatic nitrogens is 4. The monoisotopic (exact) mass is 449 g/mol. The minimum absolute atomic E-state index is 0.00302. The van der Waals surface area contributed by atoms with Crippen LogP contribution in [0.15, 0.2) is 91.5 Å². The van der Waals surface area contributed by atoms with E-state index in [1.54, 1.807) is 10.9 Å². The van der Waals surface area contributed by atoms with Gasteiger partial charge in [0.25, 0.3) is 0 Å². The van der Waals surface area contributed by atoms with Gasteiger partial charge in [0, 0.05) is 31.5 Å². The molecule has 34 heavy (non-hydrogen) atoms. The number of carbonyl (C=O) groups excluding carboxylic acids is 1. The number of rotatable bonds is 8. The fourth-order valence-corrected chi connectivity index (χ4v) is 4.18. The minimum atomic E-state index is -0.454. The first kappa shape index (κ1) is 21.8. The molecule has 0 amide bonds. The Kier molecular flexibility index (Phi) is 6.06. The van der Waals surface area contributed by atoms with Gasteiger partial charge < -0.3 is 5.32 Å². The maximum Gasteiger partial charge on any atom is 0.202 e. The van der Waals surface area contributed by atoms with Crippen molar-refractivity contribution in [1.29, 1.82) is 0 Å². The molecule has 5 aromatic rings. The zero-order chi connectivity index (χ0) is 23.5. The molecule has 2 aromatic carbocycles. The summed E-state index contributed by atoms with van der Waals surface area (Å²) in [5.41, 5.74) is 6.75. The van der Waals surface area contributed by atoms with Crippen LogP contribution in [0.3, 0.4) is 0 Å². The molecule has 3 aromatic heterocycles. The standard InChI is InChI=1S/C28H27N5O/c1-20-8-10-21(11-9-20)12-14-29-27(22-6-4-3-5-7-22)28(34)25-18-30-26-16-23(13-15-33(25)26)24-17-31-32(2)19-24/h3-11,13,15-19,27,29H,12,14H2,1-2H3/t27-/m1/s1. The summed E-state index contributed by atoms with van der Waals surface area (Å²) in [6.07, 6.45) is 8.21. The molecule has 0 bridgehead atoms. The van der Waals surface area contributed by atoms with E-state index in [1.807, 2.05) is 72.5 Å². The van der Waals surface area contributed by atoms with Gasteiger partial charge in [-0.15, -0.1) is 0 Å². The highest BCUT2D eigenvalue weighted by atomic mass is 16.1. The second-order valence-corrected chi connectivity index (χ2v) is 8.59. The molecular weight excluding hydrogens is 422 g/mol. The smallest absolute Gasteiger partial charge is 0.202 e.